The standard InChI is InChI=1S/C16H16F3NO2S/c1-11-7-3-4-8-13(11)12(2)20-23(21,22)15-10-6-5-9-14(15)16(17,18)19/h3-10,12,20H,1-2H3/t12-/m1/s1. The molecular weight excluding hydrogens is 327 g/mol. The smallest absolute Gasteiger partial charge is 0.207 e. The third-order valence-corrected chi connectivity index (χ3v) is 5.07. The molecule has 0 spiro atoms. The van der Waals surface area contributed by atoms with Crippen LogP contribution in [0.15, 0.2) is 53.4 Å². The summed E-state index contributed by atoms with van der Waals surface area (Å²) >= 11 is 0. The minimum Gasteiger partial charge on any atom is -0.207 e. The van der Waals surface area contributed by atoms with E-state index in [9.17, 15) is 21.6 Å². The van der Waals surface area contributed by atoms with Gasteiger partial charge in [0.1, 0.15) is 0 Å². The second kappa shape index (κ2) is 6.33. The van der Waals surface area contributed by atoms with Crippen molar-refractivity contribution in [3.8, 4) is 0 Å². The number of aryl methyl sites for hydroxylation is 1. The van der Waals surface area contributed by atoms with Crippen molar-refractivity contribution >= 4 is 10.0 Å². The maximum absolute atomic E-state index is 13.0. The lowest BCUT2D eigenvalue weighted by molar-refractivity contribution is -0.139. The Labute approximate surface area is 133 Å². The summed E-state index contributed by atoms with van der Waals surface area (Å²) in [5, 5.41) is 0. The fourth-order valence-electron chi connectivity index (χ4n) is 2.37. The molecule has 0 aromatic heterocycles. The van der Waals surface area contributed by atoms with E-state index in [1.165, 1.54) is 6.07 Å². The number of nitrogens with one attached hydrogen (secondary N) is 1. The Bertz CT molecular complexity index is 801. The molecule has 2 aromatic carbocycles. The lowest BCUT2D eigenvalue weighted by Gasteiger charge is -2.19. The van der Waals surface area contributed by atoms with Crippen LogP contribution < -0.4 is 4.72 Å². The molecule has 0 aliphatic rings. The van der Waals surface area contributed by atoms with Gasteiger partial charge < -0.3 is 0 Å². The number of rotatable bonds is 4. The van der Waals surface area contributed by atoms with Crippen LogP contribution >= 0.6 is 0 Å². The first-order valence-corrected chi connectivity index (χ1v) is 8.35. The number of hydrogen-bond donors (Lipinski definition) is 1. The van der Waals surface area contributed by atoms with Gasteiger partial charge in [-0.3, -0.25) is 0 Å². The molecule has 2 rings (SSSR count). The predicted molar refractivity (Wildman–Crippen MR) is 81.4 cm³/mol. The third-order valence-electron chi connectivity index (χ3n) is 3.47. The van der Waals surface area contributed by atoms with E-state index in [2.05, 4.69) is 4.72 Å². The molecule has 0 unspecified atom stereocenters. The van der Waals surface area contributed by atoms with Crippen molar-refractivity contribution in [2.24, 2.45) is 0 Å². The highest BCUT2D eigenvalue weighted by Gasteiger charge is 2.37. The first-order chi connectivity index (χ1) is 10.6. The van der Waals surface area contributed by atoms with Gasteiger partial charge in [-0.05, 0) is 37.1 Å². The van der Waals surface area contributed by atoms with Crippen molar-refractivity contribution < 1.29 is 21.6 Å². The van der Waals surface area contributed by atoms with E-state index in [4.69, 9.17) is 0 Å². The number of alkyl halides is 3. The van der Waals surface area contributed by atoms with Crippen molar-refractivity contribution in [2.75, 3.05) is 0 Å². The van der Waals surface area contributed by atoms with Gasteiger partial charge in [-0.1, -0.05) is 36.4 Å². The zero-order valence-corrected chi connectivity index (χ0v) is 13.4. The Morgan fingerprint density at radius 2 is 1.57 bits per heavy atom. The molecule has 0 radical (unpaired) electrons. The largest absolute Gasteiger partial charge is 0.417 e. The van der Waals surface area contributed by atoms with E-state index in [0.29, 0.717) is 5.56 Å². The van der Waals surface area contributed by atoms with Gasteiger partial charge in [0.25, 0.3) is 0 Å². The van der Waals surface area contributed by atoms with Crippen LogP contribution in [0, 0.1) is 6.92 Å². The molecule has 7 heteroatoms. The molecule has 3 nitrogen and oxygen atoms in total. The van der Waals surface area contributed by atoms with Crippen molar-refractivity contribution in [3.63, 3.8) is 0 Å². The molecule has 124 valence electrons. The van der Waals surface area contributed by atoms with Crippen molar-refractivity contribution in [2.45, 2.75) is 31.0 Å². The van der Waals surface area contributed by atoms with Gasteiger partial charge in [0.05, 0.1) is 10.5 Å². The molecule has 23 heavy (non-hydrogen) atoms. The quantitative estimate of drug-likeness (QED) is 0.910. The number of benzene rings is 2. The van der Waals surface area contributed by atoms with E-state index in [1.54, 1.807) is 25.1 Å². The molecule has 0 fully saturated rings. The van der Waals surface area contributed by atoms with Crippen LogP contribution in [0.1, 0.15) is 29.7 Å². The minimum absolute atomic E-state index is 0.650. The summed E-state index contributed by atoms with van der Waals surface area (Å²) in [5.41, 5.74) is 0.386. The lowest BCUT2D eigenvalue weighted by atomic mass is 10.0. The summed E-state index contributed by atoms with van der Waals surface area (Å²) in [6.45, 7) is 3.40. The van der Waals surface area contributed by atoms with Gasteiger partial charge >= 0.3 is 6.18 Å². The van der Waals surface area contributed by atoms with Crippen LogP contribution in [0.5, 0.6) is 0 Å². The van der Waals surface area contributed by atoms with Gasteiger partial charge in [0.2, 0.25) is 10.0 Å². The van der Waals surface area contributed by atoms with Gasteiger partial charge in [-0.25, -0.2) is 13.1 Å². The van der Waals surface area contributed by atoms with Gasteiger partial charge in [-0.15, -0.1) is 0 Å². The van der Waals surface area contributed by atoms with Gasteiger partial charge in [-0.2, -0.15) is 13.2 Å². The molecule has 0 amide bonds. The Kier molecular flexibility index (Phi) is 4.81. The molecule has 0 heterocycles. The SMILES string of the molecule is Cc1ccccc1[C@@H](C)NS(=O)(=O)c1ccccc1C(F)(F)F. The molecule has 1 atom stereocenters. The van der Waals surface area contributed by atoms with E-state index in [1.807, 2.05) is 13.0 Å². The highest BCUT2D eigenvalue weighted by molar-refractivity contribution is 7.89. The number of sulfonamides is 1. The summed E-state index contributed by atoms with van der Waals surface area (Å²) < 4.78 is 66.1. The van der Waals surface area contributed by atoms with E-state index in [-0.39, 0.29) is 0 Å². The maximum atomic E-state index is 13.0. The van der Waals surface area contributed by atoms with Crippen molar-refractivity contribution in [3.05, 3.63) is 65.2 Å². The Morgan fingerprint density at radius 1 is 1.00 bits per heavy atom. The summed E-state index contributed by atoms with van der Waals surface area (Å²) in [7, 11) is -4.31. The van der Waals surface area contributed by atoms with Gasteiger partial charge in [0.15, 0.2) is 0 Å². The third kappa shape index (κ3) is 3.92. The van der Waals surface area contributed by atoms with Crippen LogP contribution in [-0.4, -0.2) is 8.42 Å². The maximum Gasteiger partial charge on any atom is 0.417 e. The highest BCUT2D eigenvalue weighted by atomic mass is 32.2. The van der Waals surface area contributed by atoms with Crippen LogP contribution in [0.4, 0.5) is 13.2 Å². The molecule has 0 bridgehead atoms. The van der Waals surface area contributed by atoms with Crippen LogP contribution in [0.25, 0.3) is 0 Å². The predicted octanol–water partition coefficient (Wildman–Crippen LogP) is 4.05. The lowest BCUT2D eigenvalue weighted by Crippen LogP contribution is -2.29. The van der Waals surface area contributed by atoms with Crippen molar-refractivity contribution in [1.29, 1.82) is 0 Å². The number of halogens is 3. The topological polar surface area (TPSA) is 46.2 Å². The zero-order valence-electron chi connectivity index (χ0n) is 12.6. The molecule has 2 aromatic rings. The van der Waals surface area contributed by atoms with Crippen LogP contribution in [0.3, 0.4) is 0 Å². The Balaban J connectivity index is 2.39. The minimum atomic E-state index is -4.74. The molecule has 0 aliphatic carbocycles. The molecular formula is C16H16F3NO2S. The van der Waals surface area contributed by atoms with Crippen LogP contribution in [0.2, 0.25) is 0 Å². The average molecular weight is 343 g/mol. The van der Waals surface area contributed by atoms with Crippen molar-refractivity contribution in [1.82, 2.24) is 4.72 Å². The monoisotopic (exact) mass is 343 g/mol. The van der Waals surface area contributed by atoms with E-state index in [0.717, 1.165) is 23.8 Å². The highest BCUT2D eigenvalue weighted by Crippen LogP contribution is 2.34. The van der Waals surface area contributed by atoms with E-state index >= 15 is 0 Å². The summed E-state index contributed by atoms with van der Waals surface area (Å²) in [6.07, 6.45) is -4.74. The van der Waals surface area contributed by atoms with E-state index < -0.39 is 32.7 Å². The Morgan fingerprint density at radius 3 is 2.17 bits per heavy atom. The first kappa shape index (κ1) is 17.5. The molecule has 0 saturated carbocycles. The molecule has 0 aliphatic heterocycles. The normalized spacial score (nSPS) is 13.8. The molecule has 0 saturated heterocycles. The second-order valence-electron chi connectivity index (χ2n) is 5.19. The zero-order chi connectivity index (χ0) is 17.3. The number of hydrogen-bond acceptors (Lipinski definition) is 2. The van der Waals surface area contributed by atoms with Gasteiger partial charge in [0, 0.05) is 6.04 Å². The average Bonchev–Trinajstić information content (AvgIpc) is 2.46. The summed E-state index contributed by atoms with van der Waals surface area (Å²) in [4.78, 5) is -0.770. The summed E-state index contributed by atoms with van der Waals surface area (Å²) in [5.74, 6) is 0. The second-order valence-corrected chi connectivity index (χ2v) is 6.88. The fourth-order valence-corrected chi connectivity index (χ4v) is 3.82. The first-order valence-electron chi connectivity index (χ1n) is 6.87. The Hall–Kier alpha value is -1.86. The van der Waals surface area contributed by atoms with Crippen LogP contribution in [-0.2, 0) is 16.2 Å². The fraction of sp³-hybridized carbons (Fsp3) is 0.250. The molecule has 1 N–H and O–H groups in total. The summed E-state index contributed by atoms with van der Waals surface area (Å²) in [6, 6.07) is 10.6.